The molecule has 4 nitrogen and oxygen atoms in total. The Kier molecular flexibility index (Phi) is 5.58. The van der Waals surface area contributed by atoms with Crippen LogP contribution in [0.2, 0.25) is 0 Å². The second kappa shape index (κ2) is 7.53. The van der Waals surface area contributed by atoms with Crippen molar-refractivity contribution in [1.82, 2.24) is 4.31 Å². The van der Waals surface area contributed by atoms with Crippen LogP contribution in [-0.4, -0.2) is 25.1 Å². The summed E-state index contributed by atoms with van der Waals surface area (Å²) in [4.78, 5) is 0. The van der Waals surface area contributed by atoms with E-state index in [4.69, 9.17) is 13.7 Å². The summed E-state index contributed by atoms with van der Waals surface area (Å²) in [5, 5.41) is 0. The van der Waals surface area contributed by atoms with Crippen LogP contribution in [0, 0.1) is 5.82 Å². The molecule has 1 saturated heterocycles. The lowest BCUT2D eigenvalue weighted by Crippen LogP contribution is -2.38. The topological polar surface area (TPSA) is 30.9 Å². The fraction of sp³-hybridized carbons (Fsp3) is 0.333. The molecule has 0 radical (unpaired) electrons. The van der Waals surface area contributed by atoms with E-state index >= 15 is 0 Å². The van der Waals surface area contributed by atoms with Gasteiger partial charge in [-0.25, -0.2) is 8.70 Å². The van der Waals surface area contributed by atoms with E-state index in [2.05, 4.69) is 15.9 Å². The Balaban J connectivity index is 1.93. The molecular formula is C18H19BrFNO3S. The maximum Gasteiger partial charge on any atom is 0.128 e. The van der Waals surface area contributed by atoms with E-state index in [9.17, 15) is 4.39 Å². The minimum Gasteiger partial charge on any atom is -0.497 e. The second-order valence-corrected chi connectivity index (χ2v) is 7.69. The highest BCUT2D eigenvalue weighted by atomic mass is 79.9. The summed E-state index contributed by atoms with van der Waals surface area (Å²) in [6.45, 7) is 2.91. The van der Waals surface area contributed by atoms with Crippen LogP contribution >= 0.6 is 28.2 Å². The van der Waals surface area contributed by atoms with E-state index in [0.717, 1.165) is 21.5 Å². The summed E-state index contributed by atoms with van der Waals surface area (Å²) < 4.78 is 33.7. The van der Waals surface area contributed by atoms with Gasteiger partial charge in [0.2, 0.25) is 0 Å². The van der Waals surface area contributed by atoms with Gasteiger partial charge in [-0.2, -0.15) is 0 Å². The largest absolute Gasteiger partial charge is 0.497 e. The molecule has 0 N–H and O–H groups in total. The van der Waals surface area contributed by atoms with Crippen molar-refractivity contribution in [3.8, 4) is 11.5 Å². The number of hydrogen-bond donors (Lipinski definition) is 0. The van der Waals surface area contributed by atoms with E-state index in [1.54, 1.807) is 20.3 Å². The molecule has 0 aromatic heterocycles. The van der Waals surface area contributed by atoms with Crippen LogP contribution in [0.25, 0.3) is 0 Å². The summed E-state index contributed by atoms with van der Waals surface area (Å²) in [7, 11) is 3.24. The van der Waals surface area contributed by atoms with Crippen LogP contribution in [0.3, 0.4) is 0 Å². The summed E-state index contributed by atoms with van der Waals surface area (Å²) in [6, 6.07) is 10.7. The van der Waals surface area contributed by atoms with Gasteiger partial charge < -0.3 is 9.47 Å². The Morgan fingerprint density at radius 2 is 2.04 bits per heavy atom. The lowest BCUT2D eigenvalue weighted by Gasteiger charge is -2.32. The number of rotatable bonds is 5. The predicted octanol–water partition coefficient (Wildman–Crippen LogP) is 4.92. The van der Waals surface area contributed by atoms with E-state index in [1.165, 1.54) is 18.3 Å². The summed E-state index contributed by atoms with van der Waals surface area (Å²) in [6.07, 6.45) is 0. The molecule has 134 valence electrons. The molecule has 7 heteroatoms. The van der Waals surface area contributed by atoms with Gasteiger partial charge in [-0.1, -0.05) is 22.0 Å². The monoisotopic (exact) mass is 427 g/mol. The Bertz CT molecular complexity index is 776. The number of hydrogen-bond acceptors (Lipinski definition) is 5. The van der Waals surface area contributed by atoms with E-state index in [-0.39, 0.29) is 5.82 Å². The molecule has 0 amide bonds. The van der Waals surface area contributed by atoms with Crippen molar-refractivity contribution in [3.05, 3.63) is 57.8 Å². The van der Waals surface area contributed by atoms with Gasteiger partial charge >= 0.3 is 0 Å². The maximum absolute atomic E-state index is 14.5. The Hall–Kier alpha value is -1.28. The van der Waals surface area contributed by atoms with Crippen LogP contribution in [0.4, 0.5) is 4.39 Å². The Labute approximate surface area is 159 Å². The summed E-state index contributed by atoms with van der Waals surface area (Å²) >= 11 is 4.67. The average Bonchev–Trinajstić information content (AvgIpc) is 2.99. The first-order chi connectivity index (χ1) is 12.0. The van der Waals surface area contributed by atoms with Crippen molar-refractivity contribution in [2.24, 2.45) is 0 Å². The van der Waals surface area contributed by atoms with Gasteiger partial charge in [0.25, 0.3) is 0 Å². The molecule has 2 aromatic carbocycles. The van der Waals surface area contributed by atoms with E-state index < -0.39 is 5.54 Å². The van der Waals surface area contributed by atoms with Crippen LogP contribution in [0.15, 0.2) is 40.9 Å². The van der Waals surface area contributed by atoms with Gasteiger partial charge in [-0.15, -0.1) is 0 Å². The maximum atomic E-state index is 14.5. The number of halogens is 2. The molecule has 1 aliphatic rings. The zero-order valence-corrected chi connectivity index (χ0v) is 16.6. The van der Waals surface area contributed by atoms with Crippen LogP contribution in [0.5, 0.6) is 11.5 Å². The third-order valence-corrected chi connectivity index (χ3v) is 5.78. The standard InChI is InChI=1S/C18H19BrFNO3S/c1-18(15-8-13(19)5-7-16(15)20)11-24-25-21(18)10-12-4-6-14(22-2)9-17(12)23-3/h4-9H,10-11H2,1-3H3/t18-/m0/s1. The first kappa shape index (κ1) is 18.5. The fourth-order valence-corrected chi connectivity index (χ4v) is 4.10. The highest BCUT2D eigenvalue weighted by Gasteiger charge is 2.43. The highest BCUT2D eigenvalue weighted by Crippen LogP contribution is 2.44. The van der Waals surface area contributed by atoms with Crippen molar-refractivity contribution < 1.29 is 18.0 Å². The minimum absolute atomic E-state index is 0.247. The highest BCUT2D eigenvalue weighted by molar-refractivity contribution is 9.10. The lowest BCUT2D eigenvalue weighted by atomic mass is 9.92. The first-order valence-electron chi connectivity index (χ1n) is 7.71. The molecule has 1 aliphatic heterocycles. The van der Waals surface area contributed by atoms with Gasteiger partial charge in [0, 0.05) is 28.2 Å². The smallest absolute Gasteiger partial charge is 0.128 e. The molecule has 0 bridgehead atoms. The SMILES string of the molecule is COc1ccc(CN2SOC[C@@]2(C)c2cc(Br)ccc2F)c(OC)c1. The van der Waals surface area contributed by atoms with Crippen molar-refractivity contribution >= 4 is 28.2 Å². The molecular weight excluding hydrogens is 409 g/mol. The number of methoxy groups -OCH3 is 2. The van der Waals surface area contributed by atoms with Gasteiger partial charge in [-0.3, -0.25) is 4.18 Å². The van der Waals surface area contributed by atoms with Crippen LogP contribution in [0.1, 0.15) is 18.1 Å². The third kappa shape index (κ3) is 3.65. The number of nitrogens with zero attached hydrogens (tertiary/aromatic N) is 1. The van der Waals surface area contributed by atoms with E-state index in [1.807, 2.05) is 35.5 Å². The molecule has 3 rings (SSSR count). The molecule has 1 heterocycles. The molecule has 0 saturated carbocycles. The molecule has 0 spiro atoms. The van der Waals surface area contributed by atoms with Crippen molar-refractivity contribution in [1.29, 1.82) is 0 Å². The zero-order valence-electron chi connectivity index (χ0n) is 14.2. The predicted molar refractivity (Wildman–Crippen MR) is 100 cm³/mol. The van der Waals surface area contributed by atoms with Crippen LogP contribution < -0.4 is 9.47 Å². The third-order valence-electron chi connectivity index (χ3n) is 4.35. The summed E-state index contributed by atoms with van der Waals surface area (Å²) in [5.74, 6) is 1.21. The molecule has 25 heavy (non-hydrogen) atoms. The first-order valence-corrected chi connectivity index (χ1v) is 9.21. The molecule has 0 unspecified atom stereocenters. The van der Waals surface area contributed by atoms with Crippen LogP contribution in [-0.2, 0) is 16.3 Å². The molecule has 1 fully saturated rings. The number of benzene rings is 2. The van der Waals surface area contributed by atoms with Gasteiger partial charge in [0.05, 0.1) is 38.6 Å². The molecule has 0 aliphatic carbocycles. The average molecular weight is 428 g/mol. The van der Waals surface area contributed by atoms with Gasteiger partial charge in [0.1, 0.15) is 17.3 Å². The summed E-state index contributed by atoms with van der Waals surface area (Å²) in [5.41, 5.74) is 0.978. The lowest BCUT2D eigenvalue weighted by molar-refractivity contribution is 0.192. The molecule has 1 atom stereocenters. The van der Waals surface area contributed by atoms with Crippen molar-refractivity contribution in [2.75, 3.05) is 20.8 Å². The normalized spacial score (nSPS) is 20.7. The molecule has 2 aromatic rings. The Morgan fingerprint density at radius 3 is 2.76 bits per heavy atom. The number of ether oxygens (including phenoxy) is 2. The van der Waals surface area contributed by atoms with Crippen molar-refractivity contribution in [3.63, 3.8) is 0 Å². The van der Waals surface area contributed by atoms with E-state index in [0.29, 0.717) is 18.7 Å². The van der Waals surface area contributed by atoms with Gasteiger partial charge in [-0.05, 0) is 31.2 Å². The van der Waals surface area contributed by atoms with Crippen molar-refractivity contribution in [2.45, 2.75) is 19.0 Å². The quantitative estimate of drug-likeness (QED) is 0.499. The second-order valence-electron chi connectivity index (χ2n) is 5.95. The van der Waals surface area contributed by atoms with Gasteiger partial charge in [0.15, 0.2) is 0 Å². The Morgan fingerprint density at radius 1 is 1.24 bits per heavy atom. The zero-order chi connectivity index (χ0) is 18.0. The fourth-order valence-electron chi connectivity index (χ4n) is 2.82. The minimum atomic E-state index is -0.594.